The van der Waals surface area contributed by atoms with E-state index in [0.29, 0.717) is 6.54 Å². The Hall–Kier alpha value is -1.88. The van der Waals surface area contributed by atoms with Crippen molar-refractivity contribution in [3.63, 3.8) is 0 Å². The molecule has 0 unspecified atom stereocenters. The summed E-state index contributed by atoms with van der Waals surface area (Å²) in [6.07, 6.45) is 0.0350. The van der Waals surface area contributed by atoms with Crippen LogP contribution in [0.1, 0.15) is 17.5 Å². The molecule has 19 heavy (non-hydrogen) atoms. The van der Waals surface area contributed by atoms with Crippen LogP contribution in [-0.4, -0.2) is 42.0 Å². The number of hydrogen-bond acceptors (Lipinski definition) is 3. The Morgan fingerprint density at radius 3 is 2.63 bits per heavy atom. The van der Waals surface area contributed by atoms with E-state index in [0.717, 1.165) is 16.8 Å². The number of aliphatic carboxylic acids is 1. The average molecular weight is 264 g/mol. The predicted octanol–water partition coefficient (Wildman–Crippen LogP) is 1.65. The van der Waals surface area contributed by atoms with Crippen LogP contribution in [0, 0.1) is 13.8 Å². The molecule has 0 aliphatic heterocycles. The lowest BCUT2D eigenvalue weighted by Crippen LogP contribution is -2.31. The fraction of sp³-hybridized carbons (Fsp3) is 0.429. The summed E-state index contributed by atoms with van der Waals surface area (Å²) in [5, 5.41) is 11.4. The number of nitrogens with zero attached hydrogens (tertiary/aromatic N) is 1. The Kier molecular flexibility index (Phi) is 5.51. The van der Waals surface area contributed by atoms with Gasteiger partial charge in [-0.05, 0) is 38.1 Å². The number of carbonyl (C=O) groups excluding carboxylic acids is 1. The van der Waals surface area contributed by atoms with E-state index in [1.165, 1.54) is 0 Å². The molecule has 2 N–H and O–H groups in total. The number of aryl methyl sites for hydroxylation is 2. The summed E-state index contributed by atoms with van der Waals surface area (Å²) < 4.78 is 0. The Balaban J connectivity index is 2.50. The molecule has 1 amide bonds. The molecule has 0 aliphatic carbocycles. The molecule has 0 spiro atoms. The molecule has 0 fully saturated rings. The minimum Gasteiger partial charge on any atom is -0.481 e. The van der Waals surface area contributed by atoms with E-state index in [9.17, 15) is 9.59 Å². The second kappa shape index (κ2) is 6.89. The summed E-state index contributed by atoms with van der Waals surface area (Å²) >= 11 is 0. The molecule has 0 aromatic heterocycles. The highest BCUT2D eigenvalue weighted by Gasteiger charge is 2.09. The van der Waals surface area contributed by atoms with Crippen LogP contribution in [0.3, 0.4) is 0 Å². The van der Waals surface area contributed by atoms with Gasteiger partial charge in [0, 0.05) is 12.2 Å². The van der Waals surface area contributed by atoms with Crippen molar-refractivity contribution in [1.29, 1.82) is 0 Å². The molecule has 0 heterocycles. The standard InChI is InChI=1S/C14H20N2O3/c1-10-4-5-11(2)12(8-10)15-13(17)9-16(3)7-6-14(18)19/h4-5,8H,6-7,9H2,1-3H3,(H,15,17)(H,18,19). The van der Waals surface area contributed by atoms with Crippen LogP contribution in [0.5, 0.6) is 0 Å². The van der Waals surface area contributed by atoms with Gasteiger partial charge in [-0.15, -0.1) is 0 Å². The fourth-order valence-corrected chi connectivity index (χ4v) is 1.67. The Morgan fingerprint density at radius 1 is 1.32 bits per heavy atom. The Bertz CT molecular complexity index is 472. The van der Waals surface area contributed by atoms with Gasteiger partial charge in [-0.2, -0.15) is 0 Å². The highest BCUT2D eigenvalue weighted by atomic mass is 16.4. The maximum atomic E-state index is 11.8. The normalized spacial score (nSPS) is 10.5. The summed E-state index contributed by atoms with van der Waals surface area (Å²) in [7, 11) is 1.73. The van der Waals surface area contributed by atoms with E-state index < -0.39 is 5.97 Å². The zero-order chi connectivity index (χ0) is 14.4. The van der Waals surface area contributed by atoms with Crippen LogP contribution in [0.4, 0.5) is 5.69 Å². The molecule has 104 valence electrons. The number of likely N-dealkylation sites (N-methyl/N-ethyl adjacent to an activating group) is 1. The molecular weight excluding hydrogens is 244 g/mol. The molecule has 5 heteroatoms. The lowest BCUT2D eigenvalue weighted by atomic mass is 10.1. The summed E-state index contributed by atoms with van der Waals surface area (Å²) in [4.78, 5) is 24.0. The van der Waals surface area contributed by atoms with Crippen LogP contribution >= 0.6 is 0 Å². The SMILES string of the molecule is Cc1ccc(C)c(NC(=O)CN(C)CCC(=O)O)c1. The zero-order valence-electron chi connectivity index (χ0n) is 11.6. The van der Waals surface area contributed by atoms with Crippen LogP contribution in [-0.2, 0) is 9.59 Å². The minimum atomic E-state index is -0.859. The first-order valence-corrected chi connectivity index (χ1v) is 6.16. The van der Waals surface area contributed by atoms with Gasteiger partial charge in [-0.25, -0.2) is 0 Å². The van der Waals surface area contributed by atoms with Gasteiger partial charge in [0.25, 0.3) is 0 Å². The third-order valence-electron chi connectivity index (χ3n) is 2.79. The fourth-order valence-electron chi connectivity index (χ4n) is 1.67. The van der Waals surface area contributed by atoms with Gasteiger partial charge in [0.05, 0.1) is 13.0 Å². The van der Waals surface area contributed by atoms with Gasteiger partial charge in [-0.1, -0.05) is 12.1 Å². The molecular formula is C14H20N2O3. The Labute approximate surface area is 113 Å². The van der Waals surface area contributed by atoms with E-state index in [1.54, 1.807) is 11.9 Å². The lowest BCUT2D eigenvalue weighted by molar-refractivity contribution is -0.137. The van der Waals surface area contributed by atoms with E-state index in [4.69, 9.17) is 5.11 Å². The number of nitrogens with one attached hydrogen (secondary N) is 1. The van der Waals surface area contributed by atoms with Crippen molar-refractivity contribution >= 4 is 17.6 Å². The first-order chi connectivity index (χ1) is 8.88. The molecule has 0 aliphatic rings. The third kappa shape index (κ3) is 5.52. The second-order valence-electron chi connectivity index (χ2n) is 4.75. The molecule has 0 atom stereocenters. The number of amides is 1. The first-order valence-electron chi connectivity index (χ1n) is 6.16. The minimum absolute atomic E-state index is 0.0350. The van der Waals surface area contributed by atoms with E-state index in [2.05, 4.69) is 5.32 Å². The van der Waals surface area contributed by atoms with Gasteiger partial charge < -0.3 is 10.4 Å². The van der Waals surface area contributed by atoms with Gasteiger partial charge >= 0.3 is 5.97 Å². The molecule has 0 saturated carbocycles. The van der Waals surface area contributed by atoms with E-state index in [-0.39, 0.29) is 18.9 Å². The average Bonchev–Trinajstić information content (AvgIpc) is 2.31. The zero-order valence-corrected chi connectivity index (χ0v) is 11.6. The van der Waals surface area contributed by atoms with Crippen molar-refractivity contribution in [1.82, 2.24) is 4.90 Å². The highest BCUT2D eigenvalue weighted by Crippen LogP contribution is 2.16. The Morgan fingerprint density at radius 2 is 2.00 bits per heavy atom. The van der Waals surface area contributed by atoms with Crippen molar-refractivity contribution < 1.29 is 14.7 Å². The summed E-state index contributed by atoms with van der Waals surface area (Å²) in [6, 6.07) is 5.87. The lowest BCUT2D eigenvalue weighted by Gasteiger charge is -2.16. The molecule has 1 aromatic carbocycles. The van der Waals surface area contributed by atoms with E-state index >= 15 is 0 Å². The number of rotatable bonds is 6. The van der Waals surface area contributed by atoms with E-state index in [1.807, 2.05) is 32.0 Å². The molecule has 1 rings (SSSR count). The van der Waals surface area contributed by atoms with Crippen LogP contribution in [0.15, 0.2) is 18.2 Å². The summed E-state index contributed by atoms with van der Waals surface area (Å²) in [5.74, 6) is -0.997. The van der Waals surface area contributed by atoms with Gasteiger partial charge in [0.15, 0.2) is 0 Å². The molecule has 0 saturated heterocycles. The third-order valence-corrected chi connectivity index (χ3v) is 2.79. The summed E-state index contributed by atoms with van der Waals surface area (Å²) in [6.45, 7) is 4.44. The molecule has 0 radical (unpaired) electrons. The smallest absolute Gasteiger partial charge is 0.304 e. The first kappa shape index (κ1) is 15.2. The van der Waals surface area contributed by atoms with Crippen molar-refractivity contribution in [3.8, 4) is 0 Å². The van der Waals surface area contributed by atoms with Crippen LogP contribution in [0.25, 0.3) is 0 Å². The number of hydrogen-bond donors (Lipinski definition) is 2. The molecule has 0 bridgehead atoms. The largest absolute Gasteiger partial charge is 0.481 e. The van der Waals surface area contributed by atoms with Gasteiger partial charge in [0.1, 0.15) is 0 Å². The number of anilines is 1. The van der Waals surface area contributed by atoms with Crippen molar-refractivity contribution in [2.24, 2.45) is 0 Å². The maximum Gasteiger partial charge on any atom is 0.304 e. The van der Waals surface area contributed by atoms with Crippen LogP contribution in [0.2, 0.25) is 0 Å². The van der Waals surface area contributed by atoms with Crippen molar-refractivity contribution in [2.45, 2.75) is 20.3 Å². The topological polar surface area (TPSA) is 69.6 Å². The number of carbonyl (C=O) groups is 2. The van der Waals surface area contributed by atoms with Crippen molar-refractivity contribution in [3.05, 3.63) is 29.3 Å². The van der Waals surface area contributed by atoms with Crippen molar-refractivity contribution in [2.75, 3.05) is 25.5 Å². The number of benzene rings is 1. The van der Waals surface area contributed by atoms with Gasteiger partial charge in [0.2, 0.25) is 5.91 Å². The van der Waals surface area contributed by atoms with Gasteiger partial charge in [-0.3, -0.25) is 14.5 Å². The number of carboxylic acid groups (broad SMARTS) is 1. The van der Waals surface area contributed by atoms with Crippen LogP contribution < -0.4 is 5.32 Å². The highest BCUT2D eigenvalue weighted by molar-refractivity contribution is 5.93. The predicted molar refractivity (Wildman–Crippen MR) is 74.3 cm³/mol. The maximum absolute atomic E-state index is 11.8. The quantitative estimate of drug-likeness (QED) is 0.819. The number of carboxylic acids is 1. The molecule has 1 aromatic rings. The second-order valence-corrected chi connectivity index (χ2v) is 4.75. The monoisotopic (exact) mass is 264 g/mol. The molecule has 5 nitrogen and oxygen atoms in total. The summed E-state index contributed by atoms with van der Waals surface area (Å²) in [5.41, 5.74) is 2.89.